The van der Waals surface area contributed by atoms with Crippen LogP contribution in [0.15, 0.2) is 24.3 Å². The maximum atomic E-state index is 11.5. The van der Waals surface area contributed by atoms with Gasteiger partial charge in [-0.05, 0) is 44.9 Å². The van der Waals surface area contributed by atoms with E-state index < -0.39 is 6.04 Å². The molecule has 1 aromatic rings. The van der Waals surface area contributed by atoms with Gasteiger partial charge in [-0.2, -0.15) is 0 Å². The smallest absolute Gasteiger partial charge is 0.237 e. The van der Waals surface area contributed by atoms with Crippen LogP contribution in [0.4, 0.5) is 0 Å². The Morgan fingerprint density at radius 3 is 2.44 bits per heavy atom. The second-order valence-electron chi connectivity index (χ2n) is 4.52. The minimum absolute atomic E-state index is 0.111. The molecule has 0 fully saturated rings. The number of carbonyl (C=O) groups excluding carboxylic acids is 1. The normalized spacial score (nSPS) is 12.3. The molecule has 0 spiro atoms. The third-order valence-corrected chi connectivity index (χ3v) is 2.44. The molecule has 4 heteroatoms. The quantitative estimate of drug-likeness (QED) is 0.803. The Labute approximate surface area is 109 Å². The van der Waals surface area contributed by atoms with E-state index in [-0.39, 0.29) is 12.0 Å². The number of benzene rings is 1. The minimum atomic E-state index is -0.498. The van der Waals surface area contributed by atoms with Gasteiger partial charge in [0.1, 0.15) is 5.75 Å². The summed E-state index contributed by atoms with van der Waals surface area (Å²) < 4.78 is 5.55. The largest absolute Gasteiger partial charge is 0.491 e. The first-order valence-electron chi connectivity index (χ1n) is 6.31. The van der Waals surface area contributed by atoms with Crippen molar-refractivity contribution < 1.29 is 9.53 Å². The highest BCUT2D eigenvalue weighted by molar-refractivity contribution is 5.81. The molecule has 1 aromatic carbocycles. The van der Waals surface area contributed by atoms with Gasteiger partial charge in [-0.1, -0.05) is 12.1 Å². The number of ether oxygens (including phenoxy) is 1. The van der Waals surface area contributed by atoms with Crippen LogP contribution in [0.3, 0.4) is 0 Å². The van der Waals surface area contributed by atoms with E-state index in [0.717, 1.165) is 11.3 Å². The second kappa shape index (κ2) is 7.01. The Hall–Kier alpha value is -1.55. The zero-order chi connectivity index (χ0) is 13.5. The highest BCUT2D eigenvalue weighted by atomic mass is 16.5. The molecule has 1 amide bonds. The molecule has 1 rings (SSSR count). The monoisotopic (exact) mass is 250 g/mol. The van der Waals surface area contributed by atoms with Crippen molar-refractivity contribution in [3.05, 3.63) is 29.8 Å². The first-order valence-corrected chi connectivity index (χ1v) is 6.31. The summed E-state index contributed by atoms with van der Waals surface area (Å²) in [6.07, 6.45) is 0.696. The molecule has 0 saturated carbocycles. The zero-order valence-corrected chi connectivity index (χ0v) is 11.3. The van der Waals surface area contributed by atoms with Gasteiger partial charge in [-0.15, -0.1) is 0 Å². The lowest BCUT2D eigenvalue weighted by Gasteiger charge is -2.13. The predicted molar refractivity (Wildman–Crippen MR) is 72.6 cm³/mol. The summed E-state index contributed by atoms with van der Waals surface area (Å²) in [5.74, 6) is 0.723. The van der Waals surface area contributed by atoms with Crippen LogP contribution >= 0.6 is 0 Å². The summed E-state index contributed by atoms with van der Waals surface area (Å²) in [7, 11) is 0. The van der Waals surface area contributed by atoms with Crippen molar-refractivity contribution in [3.8, 4) is 5.75 Å². The van der Waals surface area contributed by atoms with Crippen LogP contribution in [0.5, 0.6) is 5.75 Å². The van der Waals surface area contributed by atoms with Crippen LogP contribution in [0, 0.1) is 0 Å². The van der Waals surface area contributed by atoms with Crippen molar-refractivity contribution >= 4 is 5.91 Å². The number of amides is 1. The molecular weight excluding hydrogens is 228 g/mol. The molecule has 18 heavy (non-hydrogen) atoms. The molecule has 0 heterocycles. The number of rotatable bonds is 6. The van der Waals surface area contributed by atoms with E-state index in [1.54, 1.807) is 0 Å². The lowest BCUT2D eigenvalue weighted by atomic mass is 10.1. The van der Waals surface area contributed by atoms with E-state index in [1.807, 2.05) is 45.0 Å². The molecular formula is C14H22N2O2. The van der Waals surface area contributed by atoms with Crippen LogP contribution in [0.1, 0.15) is 26.3 Å². The zero-order valence-electron chi connectivity index (χ0n) is 11.3. The lowest BCUT2D eigenvalue weighted by Crippen LogP contribution is -2.41. The molecule has 0 aliphatic heterocycles. The molecule has 0 saturated heterocycles. The third kappa shape index (κ3) is 4.75. The molecule has 0 aliphatic carbocycles. The molecule has 0 bridgehead atoms. The highest BCUT2D eigenvalue weighted by Crippen LogP contribution is 2.14. The molecule has 1 unspecified atom stereocenters. The number of likely N-dealkylation sites (N-methyl/N-ethyl adjacent to an activating group) is 1. The van der Waals surface area contributed by atoms with Gasteiger partial charge < -0.3 is 15.8 Å². The number of nitrogens with two attached hydrogens (primary N) is 1. The van der Waals surface area contributed by atoms with E-state index in [0.29, 0.717) is 13.0 Å². The van der Waals surface area contributed by atoms with Crippen LogP contribution in [-0.4, -0.2) is 24.6 Å². The molecule has 4 nitrogen and oxygen atoms in total. The lowest BCUT2D eigenvalue weighted by molar-refractivity contribution is -0.122. The number of hydrogen-bond acceptors (Lipinski definition) is 3. The highest BCUT2D eigenvalue weighted by Gasteiger charge is 2.12. The van der Waals surface area contributed by atoms with Crippen molar-refractivity contribution in [2.45, 2.75) is 39.3 Å². The SMILES string of the molecule is CCNC(=O)C(N)Cc1ccc(OC(C)C)cc1. The molecule has 100 valence electrons. The average Bonchev–Trinajstić information content (AvgIpc) is 2.31. The summed E-state index contributed by atoms with van der Waals surface area (Å²) >= 11 is 0. The Balaban J connectivity index is 2.55. The topological polar surface area (TPSA) is 64.4 Å². The van der Waals surface area contributed by atoms with E-state index in [1.165, 1.54) is 0 Å². The van der Waals surface area contributed by atoms with E-state index in [2.05, 4.69) is 5.32 Å². The average molecular weight is 250 g/mol. The van der Waals surface area contributed by atoms with Crippen molar-refractivity contribution in [2.24, 2.45) is 5.73 Å². The molecule has 0 aromatic heterocycles. The van der Waals surface area contributed by atoms with Gasteiger partial charge in [-0.3, -0.25) is 4.79 Å². The second-order valence-corrected chi connectivity index (χ2v) is 4.52. The molecule has 1 atom stereocenters. The van der Waals surface area contributed by atoms with Gasteiger partial charge in [-0.25, -0.2) is 0 Å². The van der Waals surface area contributed by atoms with Crippen LogP contribution in [-0.2, 0) is 11.2 Å². The fraction of sp³-hybridized carbons (Fsp3) is 0.500. The number of hydrogen-bond donors (Lipinski definition) is 2. The maximum absolute atomic E-state index is 11.5. The van der Waals surface area contributed by atoms with E-state index in [4.69, 9.17) is 10.5 Å². The summed E-state index contributed by atoms with van der Waals surface area (Å²) in [5.41, 5.74) is 6.84. The summed E-state index contributed by atoms with van der Waals surface area (Å²) in [6, 6.07) is 7.19. The Bertz CT molecular complexity index is 374. The van der Waals surface area contributed by atoms with Gasteiger partial charge >= 0.3 is 0 Å². The first kappa shape index (κ1) is 14.5. The van der Waals surface area contributed by atoms with E-state index >= 15 is 0 Å². The molecule has 0 radical (unpaired) electrons. The molecule has 0 aliphatic rings. The fourth-order valence-corrected chi connectivity index (χ4v) is 1.63. The van der Waals surface area contributed by atoms with E-state index in [9.17, 15) is 4.79 Å². The third-order valence-electron chi connectivity index (χ3n) is 2.44. The summed E-state index contributed by atoms with van der Waals surface area (Å²) in [6.45, 7) is 6.45. The standard InChI is InChI=1S/C14H22N2O2/c1-4-16-14(17)13(15)9-11-5-7-12(8-6-11)18-10(2)3/h5-8,10,13H,4,9,15H2,1-3H3,(H,16,17). The van der Waals surface area contributed by atoms with Gasteiger partial charge in [0, 0.05) is 6.54 Å². The first-order chi connectivity index (χ1) is 8.52. The Kier molecular flexibility index (Phi) is 5.65. The van der Waals surface area contributed by atoms with Gasteiger partial charge in [0.2, 0.25) is 5.91 Å². The minimum Gasteiger partial charge on any atom is -0.491 e. The van der Waals surface area contributed by atoms with Crippen LogP contribution in [0.25, 0.3) is 0 Å². The van der Waals surface area contributed by atoms with Gasteiger partial charge in [0.05, 0.1) is 12.1 Å². The number of nitrogens with one attached hydrogen (secondary N) is 1. The van der Waals surface area contributed by atoms with Crippen molar-refractivity contribution in [3.63, 3.8) is 0 Å². The predicted octanol–water partition coefficient (Wildman–Crippen LogP) is 1.48. The van der Waals surface area contributed by atoms with Gasteiger partial charge in [0.15, 0.2) is 0 Å². The molecule has 3 N–H and O–H groups in total. The fourth-order valence-electron chi connectivity index (χ4n) is 1.63. The van der Waals surface area contributed by atoms with Gasteiger partial charge in [0.25, 0.3) is 0 Å². The maximum Gasteiger partial charge on any atom is 0.237 e. The van der Waals surface area contributed by atoms with Crippen LogP contribution < -0.4 is 15.8 Å². The summed E-state index contributed by atoms with van der Waals surface area (Å²) in [5, 5.41) is 2.71. The van der Waals surface area contributed by atoms with Crippen molar-refractivity contribution in [1.82, 2.24) is 5.32 Å². The van der Waals surface area contributed by atoms with Crippen molar-refractivity contribution in [1.29, 1.82) is 0 Å². The van der Waals surface area contributed by atoms with Crippen LogP contribution in [0.2, 0.25) is 0 Å². The Morgan fingerprint density at radius 2 is 1.94 bits per heavy atom. The summed E-state index contributed by atoms with van der Waals surface area (Å²) in [4.78, 5) is 11.5. The Morgan fingerprint density at radius 1 is 1.33 bits per heavy atom. The van der Waals surface area contributed by atoms with Crippen molar-refractivity contribution in [2.75, 3.05) is 6.54 Å². The number of carbonyl (C=O) groups is 1.